The van der Waals surface area contributed by atoms with Crippen LogP contribution in [-0.4, -0.2) is 38.1 Å². The SMILES string of the molecule is CN1CCC(C2(C)CCNC2)CC1. The van der Waals surface area contributed by atoms with Gasteiger partial charge in [-0.05, 0) is 57.3 Å². The third kappa shape index (κ3) is 1.89. The van der Waals surface area contributed by atoms with Gasteiger partial charge in [-0.15, -0.1) is 0 Å². The molecule has 1 unspecified atom stereocenters. The molecule has 2 nitrogen and oxygen atoms in total. The molecule has 0 amide bonds. The highest BCUT2D eigenvalue weighted by molar-refractivity contribution is 4.91. The van der Waals surface area contributed by atoms with Crippen molar-refractivity contribution in [3.05, 3.63) is 0 Å². The molecule has 0 radical (unpaired) electrons. The van der Waals surface area contributed by atoms with Crippen molar-refractivity contribution in [2.24, 2.45) is 11.3 Å². The smallest absolute Gasteiger partial charge is 0.000831 e. The predicted molar refractivity (Wildman–Crippen MR) is 55.8 cm³/mol. The molecular formula is C11H22N2. The van der Waals surface area contributed by atoms with Crippen LogP contribution in [0.2, 0.25) is 0 Å². The van der Waals surface area contributed by atoms with Gasteiger partial charge in [-0.25, -0.2) is 0 Å². The molecule has 2 fully saturated rings. The highest BCUT2D eigenvalue weighted by atomic mass is 15.1. The van der Waals surface area contributed by atoms with Crippen molar-refractivity contribution in [3.8, 4) is 0 Å². The summed E-state index contributed by atoms with van der Waals surface area (Å²) in [5.74, 6) is 0.971. The molecule has 0 aromatic rings. The first kappa shape index (κ1) is 9.47. The van der Waals surface area contributed by atoms with E-state index < -0.39 is 0 Å². The standard InChI is InChI=1S/C11H22N2/c1-11(5-6-12-9-11)10-3-7-13(2)8-4-10/h10,12H,3-9H2,1-2H3. The molecule has 2 heterocycles. The zero-order valence-corrected chi connectivity index (χ0v) is 8.97. The molecular weight excluding hydrogens is 160 g/mol. The lowest BCUT2D eigenvalue weighted by Crippen LogP contribution is -2.39. The second-order valence-electron chi connectivity index (χ2n) is 5.16. The number of nitrogens with zero attached hydrogens (tertiary/aromatic N) is 1. The lowest BCUT2D eigenvalue weighted by molar-refractivity contribution is 0.115. The van der Waals surface area contributed by atoms with Crippen LogP contribution >= 0.6 is 0 Å². The van der Waals surface area contributed by atoms with Crippen molar-refractivity contribution in [2.75, 3.05) is 33.2 Å². The van der Waals surface area contributed by atoms with Gasteiger partial charge in [-0.2, -0.15) is 0 Å². The zero-order chi connectivity index (χ0) is 9.31. The summed E-state index contributed by atoms with van der Waals surface area (Å²) in [4.78, 5) is 2.46. The van der Waals surface area contributed by atoms with Crippen LogP contribution in [0.1, 0.15) is 26.2 Å². The normalized spacial score (nSPS) is 38.3. The molecule has 2 aliphatic rings. The molecule has 2 saturated heterocycles. The number of rotatable bonds is 1. The Balaban J connectivity index is 1.93. The number of piperidine rings is 1. The largest absolute Gasteiger partial charge is 0.316 e. The van der Waals surface area contributed by atoms with Crippen LogP contribution in [-0.2, 0) is 0 Å². The maximum Gasteiger partial charge on any atom is 0.000831 e. The van der Waals surface area contributed by atoms with Gasteiger partial charge < -0.3 is 10.2 Å². The van der Waals surface area contributed by atoms with Gasteiger partial charge in [0.25, 0.3) is 0 Å². The summed E-state index contributed by atoms with van der Waals surface area (Å²) in [5, 5.41) is 3.51. The van der Waals surface area contributed by atoms with E-state index in [1.54, 1.807) is 0 Å². The quantitative estimate of drug-likeness (QED) is 0.658. The summed E-state index contributed by atoms with van der Waals surface area (Å²) in [5.41, 5.74) is 0.612. The molecule has 2 heteroatoms. The van der Waals surface area contributed by atoms with Gasteiger partial charge in [0.05, 0.1) is 0 Å². The first-order valence-corrected chi connectivity index (χ1v) is 5.60. The Hall–Kier alpha value is -0.0800. The van der Waals surface area contributed by atoms with Crippen LogP contribution in [0.4, 0.5) is 0 Å². The molecule has 2 aliphatic heterocycles. The van der Waals surface area contributed by atoms with Crippen molar-refractivity contribution >= 4 is 0 Å². The lowest BCUT2D eigenvalue weighted by atomic mass is 9.72. The van der Waals surface area contributed by atoms with Crippen molar-refractivity contribution in [3.63, 3.8) is 0 Å². The Labute approximate surface area is 81.7 Å². The van der Waals surface area contributed by atoms with Crippen LogP contribution in [0.25, 0.3) is 0 Å². The first-order chi connectivity index (χ1) is 6.21. The third-order valence-corrected chi connectivity index (χ3v) is 4.11. The average molecular weight is 182 g/mol. The fourth-order valence-corrected chi connectivity index (χ4v) is 2.89. The fourth-order valence-electron chi connectivity index (χ4n) is 2.89. The van der Waals surface area contributed by atoms with E-state index in [1.165, 1.54) is 45.4 Å². The molecule has 2 rings (SSSR count). The van der Waals surface area contributed by atoms with Crippen molar-refractivity contribution in [1.29, 1.82) is 0 Å². The van der Waals surface area contributed by atoms with Gasteiger partial charge in [-0.3, -0.25) is 0 Å². The molecule has 0 aromatic carbocycles. The number of nitrogens with one attached hydrogen (secondary N) is 1. The van der Waals surface area contributed by atoms with Crippen molar-refractivity contribution in [1.82, 2.24) is 10.2 Å². The average Bonchev–Trinajstić information content (AvgIpc) is 2.54. The Bertz CT molecular complexity index is 165. The van der Waals surface area contributed by atoms with E-state index in [0.29, 0.717) is 5.41 Å². The summed E-state index contributed by atoms with van der Waals surface area (Å²) in [6.45, 7) is 7.58. The van der Waals surface area contributed by atoms with Gasteiger partial charge in [-0.1, -0.05) is 6.92 Å². The van der Waals surface area contributed by atoms with Crippen LogP contribution in [0.3, 0.4) is 0 Å². The first-order valence-electron chi connectivity index (χ1n) is 5.60. The number of hydrogen-bond acceptors (Lipinski definition) is 2. The maximum atomic E-state index is 3.51. The number of hydrogen-bond donors (Lipinski definition) is 1. The second kappa shape index (κ2) is 3.58. The summed E-state index contributed by atoms with van der Waals surface area (Å²) in [6.07, 6.45) is 4.21. The van der Waals surface area contributed by atoms with Crippen LogP contribution in [0, 0.1) is 11.3 Å². The van der Waals surface area contributed by atoms with E-state index in [4.69, 9.17) is 0 Å². The van der Waals surface area contributed by atoms with Gasteiger partial charge >= 0.3 is 0 Å². The molecule has 0 saturated carbocycles. The minimum absolute atomic E-state index is 0.612. The molecule has 0 aromatic heterocycles. The van der Waals surface area contributed by atoms with Crippen LogP contribution in [0.5, 0.6) is 0 Å². The predicted octanol–water partition coefficient (Wildman–Crippen LogP) is 1.33. The monoisotopic (exact) mass is 182 g/mol. The van der Waals surface area contributed by atoms with E-state index in [0.717, 1.165) is 5.92 Å². The summed E-state index contributed by atoms with van der Waals surface area (Å²) in [7, 11) is 2.24. The lowest BCUT2D eigenvalue weighted by Gasteiger charge is -2.39. The molecule has 1 N–H and O–H groups in total. The molecule has 0 bridgehead atoms. The number of likely N-dealkylation sites (tertiary alicyclic amines) is 1. The molecule has 13 heavy (non-hydrogen) atoms. The van der Waals surface area contributed by atoms with Crippen LogP contribution in [0.15, 0.2) is 0 Å². The minimum atomic E-state index is 0.612. The van der Waals surface area contributed by atoms with Gasteiger partial charge in [0, 0.05) is 6.54 Å². The third-order valence-electron chi connectivity index (χ3n) is 4.11. The highest BCUT2D eigenvalue weighted by Crippen LogP contribution is 2.39. The van der Waals surface area contributed by atoms with E-state index in [2.05, 4.69) is 24.2 Å². The van der Waals surface area contributed by atoms with Gasteiger partial charge in [0.1, 0.15) is 0 Å². The van der Waals surface area contributed by atoms with Crippen molar-refractivity contribution in [2.45, 2.75) is 26.2 Å². The summed E-state index contributed by atoms with van der Waals surface area (Å²) < 4.78 is 0. The fraction of sp³-hybridized carbons (Fsp3) is 1.00. The van der Waals surface area contributed by atoms with Crippen LogP contribution < -0.4 is 5.32 Å². The van der Waals surface area contributed by atoms with E-state index in [1.807, 2.05) is 0 Å². The van der Waals surface area contributed by atoms with E-state index >= 15 is 0 Å². The Morgan fingerprint density at radius 1 is 1.31 bits per heavy atom. The van der Waals surface area contributed by atoms with E-state index in [9.17, 15) is 0 Å². The summed E-state index contributed by atoms with van der Waals surface area (Å²) in [6, 6.07) is 0. The molecule has 1 atom stereocenters. The molecule has 0 aliphatic carbocycles. The Morgan fingerprint density at radius 3 is 2.54 bits per heavy atom. The molecule has 76 valence electrons. The molecule has 0 spiro atoms. The van der Waals surface area contributed by atoms with Crippen molar-refractivity contribution < 1.29 is 0 Å². The summed E-state index contributed by atoms with van der Waals surface area (Å²) >= 11 is 0. The van der Waals surface area contributed by atoms with Gasteiger partial charge in [0.2, 0.25) is 0 Å². The van der Waals surface area contributed by atoms with Gasteiger partial charge in [0.15, 0.2) is 0 Å². The van der Waals surface area contributed by atoms with E-state index in [-0.39, 0.29) is 0 Å². The topological polar surface area (TPSA) is 15.3 Å². The highest BCUT2D eigenvalue weighted by Gasteiger charge is 2.37. The maximum absolute atomic E-state index is 3.51. The Kier molecular flexibility index (Phi) is 2.61. The minimum Gasteiger partial charge on any atom is -0.316 e. The zero-order valence-electron chi connectivity index (χ0n) is 8.97. The Morgan fingerprint density at radius 2 is 2.00 bits per heavy atom. The second-order valence-corrected chi connectivity index (χ2v) is 5.16.